The van der Waals surface area contributed by atoms with Crippen LogP contribution >= 0.6 is 0 Å². The van der Waals surface area contributed by atoms with Crippen molar-refractivity contribution in [2.75, 3.05) is 30.7 Å². The Morgan fingerprint density at radius 2 is 1.59 bits per heavy atom. The second kappa shape index (κ2) is 20.0. The Morgan fingerprint density at radius 1 is 1.00 bits per heavy atom. The predicted molar refractivity (Wildman–Crippen MR) is 178 cm³/mol. The first-order valence-electron chi connectivity index (χ1n) is 14.3. The van der Waals surface area contributed by atoms with Crippen LogP contribution in [0.25, 0.3) is 0 Å². The fraction of sp³-hybridized carbons (Fsp3) is 0.364. The number of nitrogens with zero attached hydrogens (tertiary/aromatic N) is 1. The Hall–Kier alpha value is -4.09. The topological polar surface area (TPSA) is 120 Å². The van der Waals surface area contributed by atoms with Crippen LogP contribution < -0.4 is 25.6 Å². The molecule has 0 aliphatic rings. The van der Waals surface area contributed by atoms with Gasteiger partial charge < -0.3 is 21.3 Å². The largest absolute Gasteiger partial charge is 0.352 e. The van der Waals surface area contributed by atoms with Crippen molar-refractivity contribution in [3.63, 3.8) is 0 Å². The molecule has 0 fully saturated rings. The van der Waals surface area contributed by atoms with E-state index in [1.807, 2.05) is 26.8 Å². The van der Waals surface area contributed by atoms with Crippen molar-refractivity contribution in [2.45, 2.75) is 52.7 Å². The lowest BCUT2D eigenvalue weighted by Gasteiger charge is -2.19. The van der Waals surface area contributed by atoms with Crippen molar-refractivity contribution < 1.29 is 23.0 Å². The van der Waals surface area contributed by atoms with E-state index in [1.54, 1.807) is 50.4 Å². The number of rotatable bonds is 15. The second-order valence-electron chi connectivity index (χ2n) is 10.1. The van der Waals surface area contributed by atoms with Gasteiger partial charge in [-0.3, -0.25) is 18.7 Å². The zero-order chi connectivity index (χ0) is 33.2. The first-order chi connectivity index (χ1) is 20.8. The molecule has 44 heavy (non-hydrogen) atoms. The number of carbonyl (C=O) groups excluding carboxylic acids is 3. The normalized spacial score (nSPS) is 12.8. The van der Waals surface area contributed by atoms with Crippen LogP contribution in [0.3, 0.4) is 0 Å². The summed E-state index contributed by atoms with van der Waals surface area (Å²) in [6.07, 6.45) is 7.78. The van der Waals surface area contributed by atoms with Gasteiger partial charge in [-0.25, -0.2) is 8.60 Å². The van der Waals surface area contributed by atoms with E-state index < -0.39 is 28.8 Å². The van der Waals surface area contributed by atoms with E-state index in [0.717, 1.165) is 17.6 Å². The molecule has 0 aliphatic carbocycles. The number of hydrogen-bond donors (Lipinski definition) is 4. The van der Waals surface area contributed by atoms with Gasteiger partial charge in [-0.15, -0.1) is 0 Å². The average molecular weight is 628 g/mol. The van der Waals surface area contributed by atoms with Crippen LogP contribution in [0.5, 0.6) is 0 Å². The fourth-order valence-corrected chi connectivity index (χ4v) is 3.88. The number of carbonyl (C=O) groups is 3. The van der Waals surface area contributed by atoms with Gasteiger partial charge in [0.05, 0.1) is 11.7 Å². The lowest BCUT2D eigenvalue weighted by atomic mass is 10.1. The molecule has 0 aromatic heterocycles. The molecule has 2 aromatic rings. The molecule has 0 spiro atoms. The van der Waals surface area contributed by atoms with Crippen molar-refractivity contribution in [3.05, 3.63) is 102 Å². The highest BCUT2D eigenvalue weighted by molar-refractivity contribution is 7.85. The van der Waals surface area contributed by atoms with Crippen molar-refractivity contribution in [3.8, 4) is 0 Å². The van der Waals surface area contributed by atoms with E-state index in [9.17, 15) is 23.0 Å². The molecule has 0 bridgehead atoms. The summed E-state index contributed by atoms with van der Waals surface area (Å²) in [6, 6.07) is 10.00. The number of halogens is 1. The van der Waals surface area contributed by atoms with Crippen LogP contribution in [-0.2, 0) is 22.3 Å². The van der Waals surface area contributed by atoms with Crippen molar-refractivity contribution in [2.24, 2.45) is 0 Å². The van der Waals surface area contributed by atoms with Crippen LogP contribution in [0.15, 0.2) is 79.4 Å². The maximum Gasteiger partial charge on any atom is 0.251 e. The van der Waals surface area contributed by atoms with E-state index >= 15 is 0 Å². The molecule has 11 heteroatoms. The number of amides is 3. The van der Waals surface area contributed by atoms with E-state index in [-0.39, 0.29) is 42.0 Å². The van der Waals surface area contributed by atoms with Gasteiger partial charge in [-0.2, -0.15) is 0 Å². The Labute approximate surface area is 263 Å². The molecule has 0 saturated heterocycles. The smallest absolute Gasteiger partial charge is 0.251 e. The second-order valence-corrected chi connectivity index (χ2v) is 11.5. The minimum absolute atomic E-state index is 0.0846. The van der Waals surface area contributed by atoms with Gasteiger partial charge >= 0.3 is 0 Å². The maximum absolute atomic E-state index is 13.1. The van der Waals surface area contributed by atoms with Crippen LogP contribution in [-0.4, -0.2) is 60.4 Å². The Bertz CT molecular complexity index is 1330. The molecule has 0 radical (unpaired) electrons. The molecule has 2 aromatic carbocycles. The molecule has 9 nitrogen and oxygen atoms in total. The summed E-state index contributed by atoms with van der Waals surface area (Å²) in [6.45, 7) is 15.5. The quantitative estimate of drug-likeness (QED) is 0.172. The third-order valence-corrected chi connectivity index (χ3v) is 7.50. The molecule has 2 rings (SSSR count). The van der Waals surface area contributed by atoms with Crippen LogP contribution in [0.1, 0.15) is 60.4 Å². The SMILES string of the molecule is C=C/C=C(/C)C=C.CCC(C)NC(=O)C(C)NCCNC(=O)c1cc(C(=O)NCc2ccc(F)cc2)cc(N(C)S(C)=O)c1. The zero-order valence-electron chi connectivity index (χ0n) is 26.5. The maximum atomic E-state index is 13.1. The van der Waals surface area contributed by atoms with Gasteiger partial charge in [0.1, 0.15) is 16.8 Å². The lowest BCUT2D eigenvalue weighted by Crippen LogP contribution is -2.47. The molecule has 0 heterocycles. The Kier molecular flexibility index (Phi) is 17.2. The van der Waals surface area contributed by atoms with E-state index in [4.69, 9.17) is 0 Å². The van der Waals surface area contributed by atoms with Gasteiger partial charge in [-0.05, 0) is 63.1 Å². The minimum Gasteiger partial charge on any atom is -0.352 e. The summed E-state index contributed by atoms with van der Waals surface area (Å²) in [5.74, 6) is -1.32. The highest BCUT2D eigenvalue weighted by atomic mass is 32.2. The summed E-state index contributed by atoms with van der Waals surface area (Å²) in [5.41, 5.74) is 2.75. The Balaban J connectivity index is 0.00000123. The molecule has 240 valence electrons. The molecule has 0 saturated carbocycles. The van der Waals surface area contributed by atoms with Gasteiger partial charge in [0.2, 0.25) is 5.91 Å². The molecule has 3 amide bonds. The van der Waals surface area contributed by atoms with Crippen molar-refractivity contribution in [1.82, 2.24) is 21.3 Å². The number of allylic oxidation sites excluding steroid dienone is 4. The molecule has 0 aliphatic heterocycles. The van der Waals surface area contributed by atoms with E-state index in [1.165, 1.54) is 28.8 Å². The zero-order valence-corrected chi connectivity index (χ0v) is 27.4. The predicted octanol–water partition coefficient (Wildman–Crippen LogP) is 4.41. The number of nitrogens with one attached hydrogen (secondary N) is 4. The van der Waals surface area contributed by atoms with Gasteiger partial charge in [0.25, 0.3) is 11.8 Å². The molecule has 3 unspecified atom stereocenters. The highest BCUT2D eigenvalue weighted by Crippen LogP contribution is 2.20. The summed E-state index contributed by atoms with van der Waals surface area (Å²) >= 11 is 0. The third-order valence-electron chi connectivity index (χ3n) is 6.52. The van der Waals surface area contributed by atoms with Gasteiger partial charge in [-0.1, -0.05) is 56.0 Å². The first kappa shape index (κ1) is 37.9. The standard InChI is InChI=1S/C26H36FN5O4S.C7H10/c1-6-17(2)31-24(33)18(3)28-11-12-29-25(34)20-13-21(15-23(14-20)32(4)37(5)36)26(35)30-16-19-7-9-22(27)10-8-19;1-4-6-7(3)5-2/h7-10,13-15,17-18,28H,6,11-12,16H2,1-5H3,(H,29,34)(H,30,35)(H,31,33);4-6H,1-2H2,3H3/b;7-6-. The molecule has 3 atom stereocenters. The monoisotopic (exact) mass is 627 g/mol. The van der Waals surface area contributed by atoms with Crippen molar-refractivity contribution >= 4 is 34.4 Å². The molecular formula is C33H46FN5O4S. The summed E-state index contributed by atoms with van der Waals surface area (Å²) < 4.78 is 26.6. The van der Waals surface area contributed by atoms with Crippen LogP contribution in [0.4, 0.5) is 10.1 Å². The van der Waals surface area contributed by atoms with Crippen molar-refractivity contribution in [1.29, 1.82) is 0 Å². The van der Waals surface area contributed by atoms with E-state index in [2.05, 4.69) is 34.4 Å². The summed E-state index contributed by atoms with van der Waals surface area (Å²) in [7, 11) is 0.225. The lowest BCUT2D eigenvalue weighted by molar-refractivity contribution is -0.123. The fourth-order valence-electron chi connectivity index (χ4n) is 3.47. The van der Waals surface area contributed by atoms with Gasteiger partial charge in [0.15, 0.2) is 0 Å². The highest BCUT2D eigenvalue weighted by Gasteiger charge is 2.17. The molecule has 4 N–H and O–H groups in total. The summed E-state index contributed by atoms with van der Waals surface area (Å²) in [5, 5.41) is 11.5. The van der Waals surface area contributed by atoms with E-state index in [0.29, 0.717) is 12.2 Å². The average Bonchev–Trinajstić information content (AvgIpc) is 3.01. The number of benzene rings is 2. The molecular weight excluding hydrogens is 581 g/mol. The number of hydrogen-bond acceptors (Lipinski definition) is 5. The minimum atomic E-state index is -1.38. The van der Waals surface area contributed by atoms with Gasteiger partial charge in [0, 0.05) is 50.1 Å². The summed E-state index contributed by atoms with van der Waals surface area (Å²) in [4.78, 5) is 37.8. The third kappa shape index (κ3) is 13.9. The van der Waals surface area contributed by atoms with Crippen LogP contribution in [0, 0.1) is 5.82 Å². The van der Waals surface area contributed by atoms with Crippen LogP contribution in [0.2, 0.25) is 0 Å². The first-order valence-corrected chi connectivity index (χ1v) is 15.8. The Morgan fingerprint density at radius 3 is 2.09 bits per heavy atom. The number of anilines is 1.